The monoisotopic (exact) mass is 890 g/mol. The van der Waals surface area contributed by atoms with Crippen LogP contribution in [0.25, 0.3) is 101 Å². The largest absolute Gasteiger partial charge is 0.456 e. The highest BCUT2D eigenvalue weighted by atomic mass is 32.1. The van der Waals surface area contributed by atoms with Crippen molar-refractivity contribution in [2.24, 2.45) is 0 Å². The fourth-order valence-corrected chi connectivity index (χ4v) is 13.3. The van der Waals surface area contributed by atoms with Crippen LogP contribution in [0.4, 0.5) is 11.4 Å². The van der Waals surface area contributed by atoms with Crippen molar-refractivity contribution < 1.29 is 4.42 Å². The lowest BCUT2D eigenvalue weighted by atomic mass is 9.58. The molecule has 0 fully saturated rings. The van der Waals surface area contributed by atoms with Crippen molar-refractivity contribution in [3.8, 4) is 16.8 Å². The van der Waals surface area contributed by atoms with E-state index in [9.17, 15) is 0 Å². The van der Waals surface area contributed by atoms with Gasteiger partial charge in [-0.2, -0.15) is 0 Å². The predicted molar refractivity (Wildman–Crippen MR) is 292 cm³/mol. The Labute approximate surface area is 393 Å². The van der Waals surface area contributed by atoms with Crippen molar-refractivity contribution in [1.82, 2.24) is 4.57 Å². The summed E-state index contributed by atoms with van der Waals surface area (Å²) in [6.45, 7) is 20.8. The molecule has 12 aromatic rings. The van der Waals surface area contributed by atoms with E-state index in [4.69, 9.17) is 4.42 Å². The molecule has 0 amide bonds. The van der Waals surface area contributed by atoms with E-state index in [0.29, 0.717) is 0 Å². The molecular weight excluding hydrogens is 840 g/mol. The molecule has 1 N–H and O–H groups in total. The molecule has 0 atom stereocenters. The number of rotatable bonds is 3. The fourth-order valence-electron chi connectivity index (χ4n) is 10.9. The molecule has 5 heterocycles. The van der Waals surface area contributed by atoms with Crippen molar-refractivity contribution in [1.29, 1.82) is 0 Å². The molecule has 6 heteroatoms. The van der Waals surface area contributed by atoms with Crippen LogP contribution in [0.3, 0.4) is 0 Å². The van der Waals surface area contributed by atoms with Gasteiger partial charge in [-0.15, -0.1) is 22.7 Å². The van der Waals surface area contributed by atoms with Crippen LogP contribution in [0.2, 0.25) is 0 Å². The Hall–Kier alpha value is -6.34. The van der Waals surface area contributed by atoms with Crippen molar-refractivity contribution in [3.05, 3.63) is 150 Å². The van der Waals surface area contributed by atoms with E-state index in [1.807, 2.05) is 22.7 Å². The average Bonchev–Trinajstić information content (AvgIpc) is 4.04. The van der Waals surface area contributed by atoms with Gasteiger partial charge in [-0.1, -0.05) is 135 Å². The van der Waals surface area contributed by atoms with Crippen molar-refractivity contribution >= 4 is 136 Å². The van der Waals surface area contributed by atoms with Gasteiger partial charge in [0.25, 0.3) is 0 Å². The summed E-state index contributed by atoms with van der Waals surface area (Å²) >= 11 is 3.87. The average molecular weight is 891 g/mol. The Balaban J connectivity index is 1.19. The number of nitrogens with zero attached hydrogens (tertiary/aromatic N) is 1. The Bertz CT molecular complexity index is 4040. The normalized spacial score (nSPS) is 13.3. The zero-order valence-electron chi connectivity index (χ0n) is 39.1. The summed E-state index contributed by atoms with van der Waals surface area (Å²) < 4.78 is 14.5. The molecule has 0 aliphatic carbocycles. The van der Waals surface area contributed by atoms with E-state index in [-0.39, 0.29) is 16.2 Å². The first kappa shape index (κ1) is 40.0. The van der Waals surface area contributed by atoms with E-state index >= 15 is 0 Å². The molecule has 0 spiro atoms. The number of para-hydroxylation sites is 1. The van der Waals surface area contributed by atoms with Crippen LogP contribution < -0.4 is 16.2 Å². The van der Waals surface area contributed by atoms with Gasteiger partial charge in [-0.25, -0.2) is 0 Å². The molecule has 0 unspecified atom stereocenters. The SMILES string of the molecule is CC(C)(C)c1ccc(Nc2cc3c(cc2-c2c4c5c(c6cc(C(C)(C)C)ccc6n5-c5cc6c(cc5B4)oc4ccccc46)c4sc5ccccc5c24)sc2cc(C(C)(C)C)ccc23)cc1. The molecule has 8 aromatic carbocycles. The highest BCUT2D eigenvalue weighted by molar-refractivity contribution is 7.27. The summed E-state index contributed by atoms with van der Waals surface area (Å²) in [4.78, 5) is 0. The van der Waals surface area contributed by atoms with Crippen LogP contribution in [0, 0.1) is 0 Å². The summed E-state index contributed by atoms with van der Waals surface area (Å²) in [5.74, 6) is 0. The molecule has 0 saturated heterocycles. The molecular formula is C60H51BN2OS2. The zero-order valence-corrected chi connectivity index (χ0v) is 40.7. The number of aromatic nitrogens is 1. The first-order valence-electron chi connectivity index (χ1n) is 23.4. The van der Waals surface area contributed by atoms with Gasteiger partial charge in [0, 0.05) is 84.5 Å². The van der Waals surface area contributed by atoms with Gasteiger partial charge in [0.05, 0.1) is 11.0 Å². The first-order chi connectivity index (χ1) is 31.6. The molecule has 3 nitrogen and oxygen atoms in total. The second kappa shape index (κ2) is 13.6. The van der Waals surface area contributed by atoms with Crippen molar-refractivity contribution in [2.75, 3.05) is 5.32 Å². The van der Waals surface area contributed by atoms with E-state index in [0.717, 1.165) is 40.6 Å². The molecule has 0 bridgehead atoms. The smallest absolute Gasteiger partial charge is 0.198 e. The second-order valence-electron chi connectivity index (χ2n) is 21.9. The van der Waals surface area contributed by atoms with Gasteiger partial charge in [0.1, 0.15) is 11.2 Å². The lowest BCUT2D eigenvalue weighted by Crippen LogP contribution is -2.37. The van der Waals surface area contributed by atoms with Gasteiger partial charge in [-0.3, -0.25) is 0 Å². The summed E-state index contributed by atoms with van der Waals surface area (Å²) in [5.41, 5.74) is 17.2. The minimum atomic E-state index is -0.0103. The van der Waals surface area contributed by atoms with Gasteiger partial charge >= 0.3 is 0 Å². The summed E-state index contributed by atoms with van der Waals surface area (Å²) in [6, 6.07) is 50.8. The van der Waals surface area contributed by atoms with E-state index in [2.05, 4.69) is 206 Å². The number of hydrogen-bond acceptors (Lipinski definition) is 4. The number of thiophene rings is 2. The highest BCUT2D eigenvalue weighted by Gasteiger charge is 2.33. The minimum absolute atomic E-state index is 0.0103. The molecule has 4 aromatic heterocycles. The van der Waals surface area contributed by atoms with Crippen LogP contribution in [-0.4, -0.2) is 11.8 Å². The maximum Gasteiger partial charge on any atom is 0.198 e. The summed E-state index contributed by atoms with van der Waals surface area (Å²) in [6.07, 6.45) is 0. The quantitative estimate of drug-likeness (QED) is 0.179. The van der Waals surface area contributed by atoms with Crippen LogP contribution in [0.1, 0.15) is 79.0 Å². The zero-order chi connectivity index (χ0) is 45.2. The van der Waals surface area contributed by atoms with Crippen molar-refractivity contribution in [2.45, 2.75) is 78.6 Å². The van der Waals surface area contributed by atoms with Crippen LogP contribution in [0.15, 0.2) is 138 Å². The van der Waals surface area contributed by atoms with E-state index < -0.39 is 0 Å². The maximum atomic E-state index is 6.64. The third-order valence-electron chi connectivity index (χ3n) is 14.5. The number of anilines is 2. The maximum absolute atomic E-state index is 6.64. The van der Waals surface area contributed by atoms with Gasteiger partial charge in [0.2, 0.25) is 0 Å². The number of fused-ring (bicyclic) bond motifs is 15. The number of furan rings is 1. The topological polar surface area (TPSA) is 30.1 Å². The Morgan fingerprint density at radius 2 is 1.20 bits per heavy atom. The number of nitrogens with one attached hydrogen (secondary N) is 1. The Morgan fingerprint density at radius 3 is 1.97 bits per heavy atom. The van der Waals surface area contributed by atoms with E-state index in [1.54, 1.807) is 0 Å². The van der Waals surface area contributed by atoms with Gasteiger partial charge in [-0.05, 0) is 111 Å². The van der Waals surface area contributed by atoms with Crippen molar-refractivity contribution in [3.63, 3.8) is 0 Å². The molecule has 66 heavy (non-hydrogen) atoms. The van der Waals surface area contributed by atoms with Gasteiger partial charge < -0.3 is 14.3 Å². The van der Waals surface area contributed by atoms with E-state index in [1.165, 1.54) is 107 Å². The lowest BCUT2D eigenvalue weighted by molar-refractivity contribution is 0.590. The standard InChI is InChI=1S/C60H51BN2OS2/c1-58(2,3)32-18-22-35(23-19-32)62-44-28-40-37-24-20-34(60(7,8)9)27-50(37)65-51(40)30-41(44)52-53-38-15-11-13-17-49(38)66-57(53)54-42-26-33(59(4,5)6)21-25-45(42)63-46-29-39-36-14-10-12-16-47(36)64-48(39)31-43(46)61-55(52)56(54)63/h10-31,61-62H,1-9H3. The Kier molecular flexibility index (Phi) is 8.25. The van der Waals surface area contributed by atoms with Gasteiger partial charge in [0.15, 0.2) is 7.28 Å². The molecule has 1 aliphatic heterocycles. The number of benzene rings is 8. The molecule has 0 radical (unpaired) electrons. The number of hydrogen-bond donors (Lipinski definition) is 1. The molecule has 322 valence electrons. The predicted octanol–water partition coefficient (Wildman–Crippen LogP) is 16.4. The lowest BCUT2D eigenvalue weighted by Gasteiger charge is -2.25. The van der Waals surface area contributed by atoms with Crippen LogP contribution in [0.5, 0.6) is 0 Å². The fraction of sp³-hybridized carbons (Fsp3) is 0.200. The molecule has 0 saturated carbocycles. The van der Waals surface area contributed by atoms with Crippen LogP contribution in [-0.2, 0) is 16.2 Å². The summed E-state index contributed by atoms with van der Waals surface area (Å²) in [5, 5.41) is 14.3. The Morgan fingerprint density at radius 1 is 0.515 bits per heavy atom. The highest BCUT2D eigenvalue weighted by Crippen LogP contribution is 2.51. The third kappa shape index (κ3) is 5.87. The molecule has 13 rings (SSSR count). The molecule has 1 aliphatic rings. The third-order valence-corrected chi connectivity index (χ3v) is 16.8. The minimum Gasteiger partial charge on any atom is -0.456 e. The second-order valence-corrected chi connectivity index (χ2v) is 24.0. The first-order valence-corrected chi connectivity index (χ1v) is 25.0. The summed E-state index contributed by atoms with van der Waals surface area (Å²) in [7, 11) is 0.774. The van der Waals surface area contributed by atoms with Crippen LogP contribution >= 0.6 is 22.7 Å².